The molecule has 3 rings (SSSR count). The van der Waals surface area contributed by atoms with Crippen LogP contribution in [0, 0.1) is 17.8 Å². The van der Waals surface area contributed by atoms with Crippen LogP contribution in [-0.4, -0.2) is 85.9 Å². The van der Waals surface area contributed by atoms with E-state index in [1.54, 1.807) is 22.7 Å². The third kappa shape index (κ3) is 6.61. The number of halogens is 1. The molecule has 1 spiro atoms. The lowest BCUT2D eigenvalue weighted by Crippen LogP contribution is -2.58. The Bertz CT molecular complexity index is 901. The van der Waals surface area contributed by atoms with Crippen molar-refractivity contribution < 1.29 is 24.2 Å². The van der Waals surface area contributed by atoms with E-state index in [9.17, 15) is 19.5 Å². The van der Waals surface area contributed by atoms with E-state index in [0.29, 0.717) is 32.5 Å². The highest BCUT2D eigenvalue weighted by Gasteiger charge is 2.76. The van der Waals surface area contributed by atoms with Crippen LogP contribution in [0.1, 0.15) is 72.1 Å². The van der Waals surface area contributed by atoms with Crippen LogP contribution in [0.4, 0.5) is 0 Å². The van der Waals surface area contributed by atoms with Gasteiger partial charge in [0.2, 0.25) is 11.8 Å². The molecule has 39 heavy (non-hydrogen) atoms. The molecule has 0 aromatic carbocycles. The number of likely N-dealkylation sites (tertiary alicyclic amines) is 1. The van der Waals surface area contributed by atoms with Crippen molar-refractivity contribution in [3.05, 3.63) is 25.3 Å². The van der Waals surface area contributed by atoms with E-state index in [2.05, 4.69) is 49.9 Å². The molecular weight excluding hydrogens is 580 g/mol. The Morgan fingerprint density at radius 3 is 2.62 bits per heavy atom. The summed E-state index contributed by atoms with van der Waals surface area (Å²) in [5.74, 6) is -1.68. The molecule has 2 amide bonds. The van der Waals surface area contributed by atoms with Crippen LogP contribution in [0.5, 0.6) is 0 Å². The van der Waals surface area contributed by atoms with Gasteiger partial charge in [-0.15, -0.1) is 24.9 Å². The van der Waals surface area contributed by atoms with Gasteiger partial charge in [0, 0.05) is 23.2 Å². The van der Waals surface area contributed by atoms with Gasteiger partial charge in [0.1, 0.15) is 6.04 Å². The fourth-order valence-corrected chi connectivity index (χ4v) is 10.2. The smallest absolute Gasteiger partial charge is 0.310 e. The van der Waals surface area contributed by atoms with Gasteiger partial charge in [-0.1, -0.05) is 61.7 Å². The number of fused-ring (bicyclic) bond motifs is 1. The van der Waals surface area contributed by atoms with Crippen molar-refractivity contribution in [3.8, 4) is 0 Å². The van der Waals surface area contributed by atoms with Crippen molar-refractivity contribution in [3.63, 3.8) is 0 Å². The molecule has 2 bridgehead atoms. The number of rotatable bonds is 17. The first-order chi connectivity index (χ1) is 18.7. The SMILES string of the molecule is C=CCCCCOC(=O)[C@H]1[C@H]2C(=O)N([C@@H](CO)CC(C)C)C(C(=O)N(CC=C)CCCCC)C23CC(Br)[C@@H]1S3. The summed E-state index contributed by atoms with van der Waals surface area (Å²) in [4.78, 5) is 45.7. The maximum atomic E-state index is 14.4. The molecule has 7 atom stereocenters. The highest BCUT2D eigenvalue weighted by molar-refractivity contribution is 9.09. The van der Waals surface area contributed by atoms with E-state index in [1.807, 2.05) is 11.0 Å². The van der Waals surface area contributed by atoms with Gasteiger partial charge in [-0.05, 0) is 44.4 Å². The average Bonchev–Trinajstić information content (AvgIpc) is 3.49. The van der Waals surface area contributed by atoms with E-state index in [1.165, 1.54) is 0 Å². The second-order valence-electron chi connectivity index (χ2n) is 11.6. The zero-order valence-corrected chi connectivity index (χ0v) is 26.3. The number of carbonyl (C=O) groups excluding carboxylic acids is 3. The number of amides is 2. The summed E-state index contributed by atoms with van der Waals surface area (Å²) in [5, 5.41) is 10.3. The molecule has 0 aromatic heterocycles. The average molecular weight is 628 g/mol. The van der Waals surface area contributed by atoms with E-state index in [-0.39, 0.29) is 40.4 Å². The van der Waals surface area contributed by atoms with Crippen molar-refractivity contribution in [2.75, 3.05) is 26.3 Å². The minimum absolute atomic E-state index is 0.00858. The fraction of sp³-hybridized carbons (Fsp3) is 0.767. The number of alkyl halides is 1. The number of nitrogens with zero attached hydrogens (tertiary/aromatic N) is 2. The second-order valence-corrected chi connectivity index (χ2v) is 14.3. The van der Waals surface area contributed by atoms with Crippen LogP contribution in [0.25, 0.3) is 0 Å². The number of carbonyl (C=O) groups is 3. The Labute approximate surface area is 247 Å². The number of aliphatic hydroxyl groups is 1. The number of ether oxygens (including phenoxy) is 1. The highest BCUT2D eigenvalue weighted by atomic mass is 79.9. The minimum atomic E-state index is -0.743. The van der Waals surface area contributed by atoms with Gasteiger partial charge in [-0.2, -0.15) is 0 Å². The van der Waals surface area contributed by atoms with Gasteiger partial charge in [-0.3, -0.25) is 14.4 Å². The molecule has 3 heterocycles. The Morgan fingerprint density at radius 2 is 2.00 bits per heavy atom. The van der Waals surface area contributed by atoms with Crippen molar-refractivity contribution in [1.82, 2.24) is 9.80 Å². The van der Waals surface area contributed by atoms with Crippen LogP contribution in [0.2, 0.25) is 0 Å². The summed E-state index contributed by atoms with van der Waals surface area (Å²) in [6, 6.07) is -1.23. The predicted molar refractivity (Wildman–Crippen MR) is 161 cm³/mol. The van der Waals surface area contributed by atoms with E-state index >= 15 is 0 Å². The standard InChI is InChI=1S/C30H47BrN2O5S/c1-6-9-11-13-16-38-29(37)23-24-27(35)33(21(19-34)17-20(4)5)26(30(24)18-22(31)25(23)39-30)28(36)32(14-8-3)15-12-10-7-2/h6,8,20-26,34H,1,3,7,9-19H2,2,4-5H3/t21-,22?,23+,24+,25+,26?,30?/m1/s1. The first-order valence-corrected chi connectivity index (χ1v) is 16.4. The lowest BCUT2D eigenvalue weighted by Gasteiger charge is -2.40. The zero-order chi connectivity index (χ0) is 28.7. The molecular formula is C30H47BrN2O5S. The van der Waals surface area contributed by atoms with Gasteiger partial charge in [0.25, 0.3) is 0 Å². The van der Waals surface area contributed by atoms with E-state index in [0.717, 1.165) is 38.5 Å². The number of allylic oxidation sites excluding steroid dienone is 1. The predicted octanol–water partition coefficient (Wildman–Crippen LogP) is 4.96. The van der Waals surface area contributed by atoms with Gasteiger partial charge in [0.15, 0.2) is 0 Å². The molecule has 3 unspecified atom stereocenters. The Hall–Kier alpha value is -1.32. The van der Waals surface area contributed by atoms with Crippen LogP contribution < -0.4 is 0 Å². The molecule has 220 valence electrons. The molecule has 3 aliphatic heterocycles. The van der Waals surface area contributed by atoms with Crippen molar-refractivity contribution >= 4 is 45.5 Å². The largest absolute Gasteiger partial charge is 0.465 e. The first kappa shape index (κ1) is 32.2. The lowest BCUT2D eigenvalue weighted by atomic mass is 9.71. The third-order valence-corrected chi connectivity index (χ3v) is 11.5. The fourth-order valence-electron chi connectivity index (χ4n) is 6.66. The molecule has 0 radical (unpaired) electrons. The number of aliphatic hydroxyl groups excluding tert-OH is 1. The monoisotopic (exact) mass is 626 g/mol. The van der Waals surface area contributed by atoms with Crippen molar-refractivity contribution in [2.45, 2.75) is 99.0 Å². The molecule has 7 nitrogen and oxygen atoms in total. The van der Waals surface area contributed by atoms with Gasteiger partial charge < -0.3 is 19.6 Å². The number of unbranched alkanes of at least 4 members (excludes halogenated alkanes) is 4. The molecule has 0 aliphatic carbocycles. The van der Waals surface area contributed by atoms with Crippen LogP contribution in [0.15, 0.2) is 25.3 Å². The number of esters is 1. The molecule has 3 aliphatic rings. The molecule has 1 N–H and O–H groups in total. The summed E-state index contributed by atoms with van der Waals surface area (Å²) in [6.45, 7) is 14.9. The second kappa shape index (κ2) is 14.5. The van der Waals surface area contributed by atoms with Gasteiger partial charge in [-0.25, -0.2) is 0 Å². The van der Waals surface area contributed by atoms with E-state index in [4.69, 9.17) is 4.74 Å². The lowest BCUT2D eigenvalue weighted by molar-refractivity contribution is -0.154. The van der Waals surface area contributed by atoms with Crippen molar-refractivity contribution in [1.29, 1.82) is 0 Å². The maximum Gasteiger partial charge on any atom is 0.310 e. The topological polar surface area (TPSA) is 87.1 Å². The van der Waals surface area contributed by atoms with Crippen molar-refractivity contribution in [2.24, 2.45) is 17.8 Å². The molecule has 3 saturated heterocycles. The minimum Gasteiger partial charge on any atom is -0.465 e. The Balaban J connectivity index is 1.99. The summed E-state index contributed by atoms with van der Waals surface area (Å²) < 4.78 is 4.98. The molecule has 0 saturated carbocycles. The van der Waals surface area contributed by atoms with Gasteiger partial charge in [0.05, 0.1) is 35.8 Å². The Kier molecular flexibility index (Phi) is 12.0. The number of thioether (sulfide) groups is 1. The first-order valence-electron chi connectivity index (χ1n) is 14.6. The normalized spacial score (nSPS) is 29.9. The van der Waals surface area contributed by atoms with Gasteiger partial charge >= 0.3 is 5.97 Å². The quantitative estimate of drug-likeness (QED) is 0.106. The van der Waals surface area contributed by atoms with E-state index < -0.39 is 28.7 Å². The molecule has 9 heteroatoms. The summed E-state index contributed by atoms with van der Waals surface area (Å²) in [7, 11) is 0. The number of hydrogen-bond acceptors (Lipinski definition) is 6. The zero-order valence-electron chi connectivity index (χ0n) is 23.9. The highest BCUT2D eigenvalue weighted by Crippen LogP contribution is 2.68. The summed E-state index contributed by atoms with van der Waals surface area (Å²) in [6.07, 6.45) is 10.2. The summed E-state index contributed by atoms with van der Waals surface area (Å²) >= 11 is 5.43. The van der Waals surface area contributed by atoms with Crippen LogP contribution in [0.3, 0.4) is 0 Å². The summed E-state index contributed by atoms with van der Waals surface area (Å²) in [5.41, 5.74) is 0. The van der Waals surface area contributed by atoms with Crippen LogP contribution >= 0.6 is 27.7 Å². The Morgan fingerprint density at radius 1 is 1.26 bits per heavy atom. The third-order valence-electron chi connectivity index (χ3n) is 8.32. The molecule has 0 aromatic rings. The number of hydrogen-bond donors (Lipinski definition) is 1. The maximum absolute atomic E-state index is 14.4. The molecule has 3 fully saturated rings. The van der Waals surface area contributed by atoms with Crippen LogP contribution in [-0.2, 0) is 19.1 Å².